The molecule has 2 aliphatic rings. The van der Waals surface area contributed by atoms with Crippen LogP contribution in [0.2, 0.25) is 0 Å². The molecule has 0 unspecified atom stereocenters. The molecular formula is C26H26FN9O3. The van der Waals surface area contributed by atoms with Crippen molar-refractivity contribution in [2.75, 3.05) is 11.9 Å². The van der Waals surface area contributed by atoms with Crippen molar-refractivity contribution in [1.29, 1.82) is 0 Å². The minimum atomic E-state index is -1.54. The van der Waals surface area contributed by atoms with Crippen LogP contribution in [-0.2, 0) is 16.5 Å². The molecule has 5 heterocycles. The number of alkyl halides is 1. The van der Waals surface area contributed by atoms with Gasteiger partial charge in [-0.2, -0.15) is 15.3 Å². The Morgan fingerprint density at radius 1 is 1.26 bits per heavy atom. The zero-order chi connectivity index (χ0) is 26.7. The van der Waals surface area contributed by atoms with Gasteiger partial charge in [-0.25, -0.2) is 18.7 Å². The Balaban J connectivity index is 1.11. The molecule has 0 radical (unpaired) electrons. The molecule has 13 heteroatoms. The number of aryl methyl sites for hydroxylation is 1. The maximum atomic E-state index is 15.2. The second-order valence-electron chi connectivity index (χ2n) is 10.3. The number of carbonyl (C=O) groups is 1. The van der Waals surface area contributed by atoms with Gasteiger partial charge in [-0.3, -0.25) is 9.78 Å². The fourth-order valence-corrected chi connectivity index (χ4v) is 4.91. The number of anilines is 2. The van der Waals surface area contributed by atoms with Crippen molar-refractivity contribution in [1.82, 2.24) is 39.9 Å². The number of nitrogens with zero attached hydrogens (tertiary/aromatic N) is 6. The highest BCUT2D eigenvalue weighted by atomic mass is 19.1. The van der Waals surface area contributed by atoms with Crippen molar-refractivity contribution in [3.8, 4) is 11.1 Å². The SMILES string of the molecule is Cn1ncc2cc(-c3cnn4ccnc(Nc5cc([C@H]6OC[C@@H](OC(=O)NC7(C)CC7)[C@@H]6F)[nH]n5)c34)ccc21. The number of H-pyrrole nitrogens is 1. The molecular weight excluding hydrogens is 505 g/mol. The molecule has 5 aromatic rings. The van der Waals surface area contributed by atoms with Gasteiger partial charge in [-0.05, 0) is 37.5 Å². The van der Waals surface area contributed by atoms with E-state index in [4.69, 9.17) is 9.47 Å². The Kier molecular flexibility index (Phi) is 5.30. The summed E-state index contributed by atoms with van der Waals surface area (Å²) < 4.78 is 29.7. The van der Waals surface area contributed by atoms with Crippen molar-refractivity contribution < 1.29 is 18.7 Å². The van der Waals surface area contributed by atoms with Gasteiger partial charge in [0, 0.05) is 42.0 Å². The van der Waals surface area contributed by atoms with E-state index in [1.165, 1.54) is 0 Å². The van der Waals surface area contributed by atoms with Gasteiger partial charge in [0.1, 0.15) is 11.6 Å². The van der Waals surface area contributed by atoms with Gasteiger partial charge in [0.2, 0.25) is 0 Å². The lowest BCUT2D eigenvalue weighted by molar-refractivity contribution is 0.0604. The van der Waals surface area contributed by atoms with Crippen molar-refractivity contribution in [3.63, 3.8) is 0 Å². The van der Waals surface area contributed by atoms with Crippen molar-refractivity contribution in [2.24, 2.45) is 7.05 Å². The first kappa shape index (κ1) is 23.6. The number of aromatic nitrogens is 7. The van der Waals surface area contributed by atoms with Crippen LogP contribution in [0.3, 0.4) is 0 Å². The third-order valence-corrected chi connectivity index (χ3v) is 7.39. The lowest BCUT2D eigenvalue weighted by Gasteiger charge is -2.17. The summed E-state index contributed by atoms with van der Waals surface area (Å²) >= 11 is 0. The molecule has 3 N–H and O–H groups in total. The van der Waals surface area contributed by atoms with Crippen LogP contribution in [0.4, 0.5) is 20.8 Å². The average Bonchev–Trinajstić information content (AvgIpc) is 3.37. The summed E-state index contributed by atoms with van der Waals surface area (Å²) in [5.74, 6) is 0.963. The molecule has 2 fully saturated rings. The Bertz CT molecular complexity index is 1710. The molecule has 4 aromatic heterocycles. The van der Waals surface area contributed by atoms with Crippen LogP contribution in [0.15, 0.2) is 49.1 Å². The molecule has 1 aromatic carbocycles. The van der Waals surface area contributed by atoms with Crippen molar-refractivity contribution in [3.05, 3.63) is 54.7 Å². The molecule has 12 nitrogen and oxygen atoms in total. The molecule has 3 atom stereocenters. The summed E-state index contributed by atoms with van der Waals surface area (Å²) in [6.45, 7) is 1.88. The van der Waals surface area contributed by atoms with Crippen molar-refractivity contribution >= 4 is 34.1 Å². The van der Waals surface area contributed by atoms with E-state index < -0.39 is 24.5 Å². The summed E-state index contributed by atoms with van der Waals surface area (Å²) in [6.07, 6.45) is 4.68. The van der Waals surface area contributed by atoms with Gasteiger partial charge in [0.15, 0.2) is 23.9 Å². The van der Waals surface area contributed by atoms with E-state index in [1.54, 1.807) is 29.2 Å². The summed E-state index contributed by atoms with van der Waals surface area (Å²) in [4.78, 5) is 16.6. The number of hydrogen-bond acceptors (Lipinski definition) is 8. The number of ether oxygens (including phenoxy) is 2. The highest BCUT2D eigenvalue weighted by molar-refractivity contribution is 5.93. The fourth-order valence-electron chi connectivity index (χ4n) is 4.91. The number of alkyl carbamates (subject to hydrolysis) is 1. The summed E-state index contributed by atoms with van der Waals surface area (Å²) in [5, 5.41) is 22.9. The van der Waals surface area contributed by atoms with Crippen LogP contribution in [0, 0.1) is 0 Å². The predicted octanol–water partition coefficient (Wildman–Crippen LogP) is 3.81. The van der Waals surface area contributed by atoms with E-state index in [-0.39, 0.29) is 12.1 Å². The Labute approximate surface area is 221 Å². The third kappa shape index (κ3) is 4.24. The normalized spacial score (nSPS) is 21.9. The van der Waals surface area contributed by atoms with Crippen molar-refractivity contribution in [2.45, 2.75) is 43.7 Å². The zero-order valence-electron chi connectivity index (χ0n) is 21.3. The largest absolute Gasteiger partial charge is 0.441 e. The highest BCUT2D eigenvalue weighted by Crippen LogP contribution is 2.37. The van der Waals surface area contributed by atoms with Gasteiger partial charge in [-0.15, -0.1) is 0 Å². The topological polar surface area (TPSA) is 136 Å². The number of rotatable bonds is 6. The Hall–Kier alpha value is -4.52. The van der Waals surface area contributed by atoms with E-state index in [0.29, 0.717) is 17.3 Å². The maximum absolute atomic E-state index is 15.2. The lowest BCUT2D eigenvalue weighted by atomic mass is 10.1. The summed E-state index contributed by atoms with van der Waals surface area (Å²) in [6, 6.07) is 7.76. The van der Waals surface area contributed by atoms with Gasteiger partial charge in [-0.1, -0.05) is 6.07 Å². The first-order chi connectivity index (χ1) is 18.9. The fraction of sp³-hybridized carbons (Fsp3) is 0.346. The summed E-state index contributed by atoms with van der Waals surface area (Å²) in [7, 11) is 1.91. The van der Waals surface area contributed by atoms with E-state index in [1.807, 2.05) is 37.0 Å². The van der Waals surface area contributed by atoms with Crippen LogP contribution in [0.25, 0.3) is 27.5 Å². The van der Waals surface area contributed by atoms with Gasteiger partial charge >= 0.3 is 6.09 Å². The van der Waals surface area contributed by atoms with E-state index >= 15 is 4.39 Å². The highest BCUT2D eigenvalue weighted by Gasteiger charge is 2.44. The monoisotopic (exact) mass is 531 g/mol. The van der Waals surface area contributed by atoms with Crippen LogP contribution in [0.5, 0.6) is 0 Å². The minimum Gasteiger partial charge on any atom is -0.441 e. The summed E-state index contributed by atoms with van der Waals surface area (Å²) in [5.41, 5.74) is 3.82. The molecule has 1 aliphatic carbocycles. The number of nitrogens with one attached hydrogen (secondary N) is 3. The van der Waals surface area contributed by atoms with Gasteiger partial charge in [0.25, 0.3) is 0 Å². The number of amides is 1. The number of benzene rings is 1. The quantitative estimate of drug-likeness (QED) is 0.301. The van der Waals surface area contributed by atoms with Gasteiger partial charge in [0.05, 0.1) is 30.2 Å². The number of aromatic amines is 1. The molecule has 7 rings (SSSR count). The number of halogens is 1. The predicted molar refractivity (Wildman–Crippen MR) is 139 cm³/mol. The lowest BCUT2D eigenvalue weighted by Crippen LogP contribution is -2.39. The smallest absolute Gasteiger partial charge is 0.408 e. The standard InChI is InChI=1S/C26H26FN9O3/c1-26(5-6-26)32-25(37)39-19-13-38-23(21(19)27)17-10-20(34-33-17)31-24-22-16(12-30-36(22)8-7-28-24)14-3-4-18-15(9-14)11-29-35(18)2/h3-4,7-12,19,21,23H,5-6,13H2,1-2H3,(H,32,37)(H2,28,31,33,34)/t19-,21+,23-/m1/s1. The van der Waals surface area contributed by atoms with E-state index in [0.717, 1.165) is 40.4 Å². The maximum Gasteiger partial charge on any atom is 0.408 e. The zero-order valence-corrected chi connectivity index (χ0v) is 21.3. The van der Waals surface area contributed by atoms with Crippen LogP contribution >= 0.6 is 0 Å². The van der Waals surface area contributed by atoms with E-state index in [2.05, 4.69) is 42.1 Å². The number of hydrogen-bond donors (Lipinski definition) is 3. The Morgan fingerprint density at radius 3 is 2.97 bits per heavy atom. The first-order valence-electron chi connectivity index (χ1n) is 12.7. The molecule has 200 valence electrons. The van der Waals surface area contributed by atoms with Gasteiger partial charge < -0.3 is 20.1 Å². The molecule has 0 spiro atoms. The molecule has 1 aliphatic heterocycles. The minimum absolute atomic E-state index is 0.0426. The van der Waals surface area contributed by atoms with Crippen LogP contribution < -0.4 is 10.6 Å². The first-order valence-corrected chi connectivity index (χ1v) is 12.7. The third-order valence-electron chi connectivity index (χ3n) is 7.39. The Morgan fingerprint density at radius 2 is 2.13 bits per heavy atom. The second kappa shape index (κ2) is 8.76. The molecule has 0 bridgehead atoms. The number of carbonyl (C=O) groups excluding carboxylic acids is 1. The average molecular weight is 532 g/mol. The molecule has 1 saturated heterocycles. The molecule has 1 amide bonds. The van der Waals surface area contributed by atoms with Crippen LogP contribution in [-0.4, -0.2) is 65.1 Å². The molecule has 39 heavy (non-hydrogen) atoms. The van der Waals surface area contributed by atoms with Crippen LogP contribution in [0.1, 0.15) is 31.6 Å². The number of fused-ring (bicyclic) bond motifs is 2. The van der Waals surface area contributed by atoms with E-state index in [9.17, 15) is 4.79 Å². The second-order valence-corrected chi connectivity index (χ2v) is 10.3. The molecule has 1 saturated carbocycles.